The number of rotatable bonds is 2. The highest BCUT2D eigenvalue weighted by Crippen LogP contribution is 2.28. The zero-order valence-corrected chi connectivity index (χ0v) is 11.8. The molecule has 2 rings (SSSR count). The van der Waals surface area contributed by atoms with Crippen LogP contribution in [0, 0.1) is 19.7 Å². The Morgan fingerprint density at radius 1 is 1.11 bits per heavy atom. The fraction of sp³-hybridized carbons (Fsp3) is 0.143. The number of nitrogen functional groups attached to an aromatic ring is 1. The predicted molar refractivity (Wildman–Crippen MR) is 77.7 cm³/mol. The van der Waals surface area contributed by atoms with Gasteiger partial charge in [0, 0.05) is 10.2 Å². The highest BCUT2D eigenvalue weighted by atomic mass is 79.9. The zero-order valence-electron chi connectivity index (χ0n) is 10.2. The van der Waals surface area contributed by atoms with Crippen LogP contribution >= 0.6 is 15.9 Å². The molecule has 0 bridgehead atoms. The van der Waals surface area contributed by atoms with Crippen molar-refractivity contribution in [3.63, 3.8) is 0 Å². The molecule has 0 saturated carbocycles. The summed E-state index contributed by atoms with van der Waals surface area (Å²) >= 11 is 3.45. The smallest absolute Gasteiger partial charge is 0.128 e. The quantitative estimate of drug-likeness (QED) is 0.800. The summed E-state index contributed by atoms with van der Waals surface area (Å²) in [6.07, 6.45) is 0. The first-order valence-corrected chi connectivity index (χ1v) is 6.35. The molecule has 2 aromatic rings. The summed E-state index contributed by atoms with van der Waals surface area (Å²) in [5, 5.41) is 3.20. The summed E-state index contributed by atoms with van der Waals surface area (Å²) in [6, 6.07) is 8.95. The molecule has 0 radical (unpaired) electrons. The van der Waals surface area contributed by atoms with Gasteiger partial charge in [0.15, 0.2) is 0 Å². The van der Waals surface area contributed by atoms with Gasteiger partial charge in [-0.05, 0) is 55.3 Å². The van der Waals surface area contributed by atoms with E-state index in [2.05, 4.69) is 21.2 Å². The van der Waals surface area contributed by atoms with Crippen molar-refractivity contribution in [3.05, 3.63) is 51.7 Å². The van der Waals surface area contributed by atoms with Gasteiger partial charge >= 0.3 is 0 Å². The highest BCUT2D eigenvalue weighted by Gasteiger charge is 2.05. The van der Waals surface area contributed by atoms with E-state index in [1.54, 1.807) is 13.0 Å². The Bertz CT molecular complexity index is 597. The molecule has 0 amide bonds. The lowest BCUT2D eigenvalue weighted by molar-refractivity contribution is 0.619. The maximum absolute atomic E-state index is 13.3. The van der Waals surface area contributed by atoms with Gasteiger partial charge in [0.2, 0.25) is 0 Å². The van der Waals surface area contributed by atoms with Gasteiger partial charge in [0.1, 0.15) is 5.82 Å². The van der Waals surface area contributed by atoms with E-state index in [1.807, 2.05) is 25.1 Å². The van der Waals surface area contributed by atoms with Crippen LogP contribution in [0.5, 0.6) is 0 Å². The second-order valence-electron chi connectivity index (χ2n) is 4.28. The Balaban J connectivity index is 2.34. The van der Waals surface area contributed by atoms with Gasteiger partial charge in [-0.25, -0.2) is 4.39 Å². The van der Waals surface area contributed by atoms with Crippen molar-refractivity contribution in [2.24, 2.45) is 0 Å². The van der Waals surface area contributed by atoms with Crippen molar-refractivity contribution < 1.29 is 4.39 Å². The first-order chi connectivity index (χ1) is 8.47. The van der Waals surface area contributed by atoms with E-state index < -0.39 is 0 Å². The Labute approximate surface area is 114 Å². The van der Waals surface area contributed by atoms with Crippen LogP contribution in [0.4, 0.5) is 21.5 Å². The Morgan fingerprint density at radius 3 is 2.50 bits per heavy atom. The molecule has 94 valence electrons. The van der Waals surface area contributed by atoms with E-state index in [-0.39, 0.29) is 5.82 Å². The lowest BCUT2D eigenvalue weighted by Crippen LogP contribution is -1.99. The Morgan fingerprint density at radius 2 is 1.83 bits per heavy atom. The van der Waals surface area contributed by atoms with Crippen LogP contribution in [-0.4, -0.2) is 0 Å². The molecule has 0 aromatic heterocycles. The van der Waals surface area contributed by atoms with Crippen molar-refractivity contribution in [2.75, 3.05) is 11.1 Å². The lowest BCUT2D eigenvalue weighted by atomic mass is 10.1. The number of benzene rings is 2. The normalized spacial score (nSPS) is 10.4. The molecule has 0 aliphatic carbocycles. The summed E-state index contributed by atoms with van der Waals surface area (Å²) in [6.45, 7) is 3.72. The third-order valence-electron chi connectivity index (χ3n) is 2.77. The number of nitrogens with one attached hydrogen (secondary N) is 1. The molecule has 4 heteroatoms. The van der Waals surface area contributed by atoms with Gasteiger partial charge in [-0.3, -0.25) is 0 Å². The number of anilines is 3. The van der Waals surface area contributed by atoms with Gasteiger partial charge in [-0.15, -0.1) is 0 Å². The minimum Gasteiger partial charge on any atom is -0.397 e. The average molecular weight is 309 g/mol. The van der Waals surface area contributed by atoms with Crippen LogP contribution < -0.4 is 11.1 Å². The number of hydrogen-bond donors (Lipinski definition) is 2. The second-order valence-corrected chi connectivity index (χ2v) is 5.13. The van der Waals surface area contributed by atoms with Crippen LogP contribution in [0.1, 0.15) is 11.1 Å². The summed E-state index contributed by atoms with van der Waals surface area (Å²) in [5.74, 6) is -0.287. The molecule has 0 heterocycles. The van der Waals surface area contributed by atoms with Crippen molar-refractivity contribution in [2.45, 2.75) is 13.8 Å². The first-order valence-electron chi connectivity index (χ1n) is 5.56. The molecule has 0 atom stereocenters. The summed E-state index contributed by atoms with van der Waals surface area (Å²) < 4.78 is 14.4. The van der Waals surface area contributed by atoms with E-state index in [0.717, 1.165) is 21.4 Å². The molecular formula is C14H14BrFN2. The van der Waals surface area contributed by atoms with Crippen molar-refractivity contribution in [3.8, 4) is 0 Å². The average Bonchev–Trinajstić information content (AvgIpc) is 2.31. The van der Waals surface area contributed by atoms with Crippen LogP contribution in [0.25, 0.3) is 0 Å². The number of halogens is 2. The number of aryl methyl sites for hydroxylation is 2. The van der Waals surface area contributed by atoms with Crippen molar-refractivity contribution in [1.82, 2.24) is 0 Å². The van der Waals surface area contributed by atoms with E-state index in [4.69, 9.17) is 5.73 Å². The lowest BCUT2D eigenvalue weighted by Gasteiger charge is -2.12. The molecule has 3 N–H and O–H groups in total. The molecule has 2 nitrogen and oxygen atoms in total. The molecule has 0 unspecified atom stereocenters. The standard InChI is InChI=1S/C14H14BrFN2/c1-8-5-10(3-4-11(8)15)18-14-6-9(2)12(16)7-13(14)17/h3-7,18H,17H2,1-2H3. The summed E-state index contributed by atoms with van der Waals surface area (Å²) in [5.41, 5.74) is 9.53. The molecule has 0 saturated heterocycles. The molecule has 0 aliphatic rings. The third kappa shape index (κ3) is 2.64. The highest BCUT2D eigenvalue weighted by molar-refractivity contribution is 9.10. The number of nitrogens with two attached hydrogens (primary N) is 1. The van der Waals surface area contributed by atoms with Gasteiger partial charge in [0.25, 0.3) is 0 Å². The Hall–Kier alpha value is -1.55. The number of hydrogen-bond acceptors (Lipinski definition) is 2. The van der Waals surface area contributed by atoms with E-state index in [0.29, 0.717) is 11.3 Å². The van der Waals surface area contributed by atoms with Gasteiger partial charge < -0.3 is 11.1 Å². The monoisotopic (exact) mass is 308 g/mol. The van der Waals surface area contributed by atoms with Crippen molar-refractivity contribution in [1.29, 1.82) is 0 Å². The van der Waals surface area contributed by atoms with Gasteiger partial charge in [-0.1, -0.05) is 15.9 Å². The largest absolute Gasteiger partial charge is 0.397 e. The van der Waals surface area contributed by atoms with Crippen LogP contribution in [-0.2, 0) is 0 Å². The fourth-order valence-electron chi connectivity index (χ4n) is 1.68. The van der Waals surface area contributed by atoms with Crippen LogP contribution in [0.2, 0.25) is 0 Å². The summed E-state index contributed by atoms with van der Waals surface area (Å²) in [7, 11) is 0. The maximum atomic E-state index is 13.3. The third-order valence-corrected chi connectivity index (χ3v) is 3.66. The minimum absolute atomic E-state index is 0.287. The van der Waals surface area contributed by atoms with Crippen molar-refractivity contribution >= 4 is 33.0 Å². The zero-order chi connectivity index (χ0) is 13.3. The topological polar surface area (TPSA) is 38.0 Å². The molecule has 0 spiro atoms. The molecule has 0 aliphatic heterocycles. The van der Waals surface area contributed by atoms with Gasteiger partial charge in [0.05, 0.1) is 11.4 Å². The summed E-state index contributed by atoms with van der Waals surface area (Å²) in [4.78, 5) is 0. The predicted octanol–water partition coefficient (Wildman–Crippen LogP) is 4.53. The second kappa shape index (κ2) is 4.98. The van der Waals surface area contributed by atoms with E-state index in [1.165, 1.54) is 6.07 Å². The minimum atomic E-state index is -0.287. The molecule has 18 heavy (non-hydrogen) atoms. The SMILES string of the molecule is Cc1cc(Nc2ccc(Br)c(C)c2)c(N)cc1F. The Kier molecular flexibility index (Phi) is 3.57. The maximum Gasteiger partial charge on any atom is 0.128 e. The van der Waals surface area contributed by atoms with E-state index in [9.17, 15) is 4.39 Å². The van der Waals surface area contributed by atoms with E-state index >= 15 is 0 Å². The van der Waals surface area contributed by atoms with Gasteiger partial charge in [-0.2, -0.15) is 0 Å². The first kappa shape index (κ1) is 12.9. The molecular weight excluding hydrogens is 295 g/mol. The molecule has 2 aromatic carbocycles. The fourth-order valence-corrected chi connectivity index (χ4v) is 1.93. The van der Waals surface area contributed by atoms with Crippen LogP contribution in [0.15, 0.2) is 34.8 Å². The molecule has 0 fully saturated rings. The van der Waals surface area contributed by atoms with Crippen LogP contribution in [0.3, 0.4) is 0 Å².